The number of nitrogens with zero attached hydrogens (tertiary/aromatic N) is 1. The normalized spacial score (nSPS) is 21.5. The molecule has 0 aliphatic carbocycles. The molecule has 2 aliphatic rings. The molecule has 3 aromatic carbocycles. The maximum absolute atomic E-state index is 14.1. The lowest BCUT2D eigenvalue weighted by atomic mass is 9.87. The van der Waals surface area contributed by atoms with Gasteiger partial charge in [0.1, 0.15) is 5.82 Å². The van der Waals surface area contributed by atoms with Gasteiger partial charge in [-0.2, -0.15) is 0 Å². The number of hydrogen-bond donors (Lipinski definition) is 1. The Morgan fingerprint density at radius 3 is 2.62 bits per heavy atom. The monoisotopic (exact) mass is 346 g/mol. The molecular formula is C22H19FN2O. The third kappa shape index (κ3) is 2.33. The van der Waals surface area contributed by atoms with Crippen LogP contribution in [0.25, 0.3) is 10.8 Å². The fourth-order valence-electron chi connectivity index (χ4n) is 4.41. The van der Waals surface area contributed by atoms with Gasteiger partial charge in [0, 0.05) is 42.5 Å². The molecular weight excluding hydrogens is 327 g/mol. The molecule has 3 nitrogen and oxygen atoms in total. The lowest BCUT2D eigenvalue weighted by Crippen LogP contribution is -2.39. The molecule has 1 fully saturated rings. The largest absolute Gasteiger partial charge is 0.336 e. The second-order valence-corrected chi connectivity index (χ2v) is 7.14. The number of hydrogen-bond acceptors (Lipinski definition) is 2. The van der Waals surface area contributed by atoms with Crippen LogP contribution in [0.1, 0.15) is 27.4 Å². The summed E-state index contributed by atoms with van der Waals surface area (Å²) in [4.78, 5) is 15.1. The van der Waals surface area contributed by atoms with E-state index in [1.54, 1.807) is 18.2 Å². The summed E-state index contributed by atoms with van der Waals surface area (Å²) in [6.45, 7) is 2.22. The molecule has 26 heavy (non-hydrogen) atoms. The first-order chi connectivity index (χ1) is 12.7. The van der Waals surface area contributed by atoms with Crippen LogP contribution in [0.15, 0.2) is 60.7 Å². The van der Waals surface area contributed by atoms with Gasteiger partial charge in [-0.15, -0.1) is 0 Å². The summed E-state index contributed by atoms with van der Waals surface area (Å²) in [5.74, 6) is 0.00771. The van der Waals surface area contributed by atoms with Crippen molar-refractivity contribution in [2.75, 3.05) is 13.1 Å². The third-order valence-electron chi connectivity index (χ3n) is 5.72. The van der Waals surface area contributed by atoms with Crippen molar-refractivity contribution in [3.63, 3.8) is 0 Å². The first-order valence-electron chi connectivity index (χ1n) is 9.00. The van der Waals surface area contributed by atoms with Crippen LogP contribution in [0.2, 0.25) is 0 Å². The van der Waals surface area contributed by atoms with Crippen molar-refractivity contribution >= 4 is 16.7 Å². The standard InChI is InChI=1S/C22H19FN2O/c23-20-10-9-18(16-7-3-4-8-17(16)20)22(26)25-12-19-15-6-2-1-5-14(15)11-24-21(19)13-25/h1-10,19,21,24H,11-13H2/t19-,21-/m0/s1. The van der Waals surface area contributed by atoms with Crippen LogP contribution in [0.4, 0.5) is 4.39 Å². The second kappa shape index (κ2) is 5.92. The highest BCUT2D eigenvalue weighted by atomic mass is 19.1. The highest BCUT2D eigenvalue weighted by Gasteiger charge is 2.39. The quantitative estimate of drug-likeness (QED) is 0.729. The first-order valence-corrected chi connectivity index (χ1v) is 9.00. The minimum absolute atomic E-state index is 0.0186. The number of benzene rings is 3. The van der Waals surface area contributed by atoms with Gasteiger partial charge in [-0.1, -0.05) is 48.5 Å². The molecule has 0 spiro atoms. The molecule has 1 amide bonds. The molecule has 2 aliphatic heterocycles. The maximum atomic E-state index is 14.1. The van der Waals surface area contributed by atoms with E-state index in [0.29, 0.717) is 35.3 Å². The molecule has 0 radical (unpaired) electrons. The van der Waals surface area contributed by atoms with E-state index in [4.69, 9.17) is 0 Å². The fraction of sp³-hybridized carbons (Fsp3) is 0.227. The number of carbonyl (C=O) groups excluding carboxylic acids is 1. The summed E-state index contributed by atoms with van der Waals surface area (Å²) in [6.07, 6.45) is 0. The van der Waals surface area contributed by atoms with Crippen molar-refractivity contribution in [1.82, 2.24) is 10.2 Å². The third-order valence-corrected chi connectivity index (χ3v) is 5.72. The van der Waals surface area contributed by atoms with E-state index in [1.807, 2.05) is 17.0 Å². The smallest absolute Gasteiger partial charge is 0.254 e. The summed E-state index contributed by atoms with van der Waals surface area (Å²) in [5, 5.41) is 4.75. The summed E-state index contributed by atoms with van der Waals surface area (Å²) >= 11 is 0. The molecule has 2 atom stereocenters. The van der Waals surface area contributed by atoms with Gasteiger partial charge in [0.2, 0.25) is 0 Å². The van der Waals surface area contributed by atoms with Gasteiger partial charge in [0.05, 0.1) is 0 Å². The van der Waals surface area contributed by atoms with Crippen molar-refractivity contribution < 1.29 is 9.18 Å². The number of fused-ring (bicyclic) bond motifs is 4. The van der Waals surface area contributed by atoms with Gasteiger partial charge in [0.25, 0.3) is 5.91 Å². The van der Waals surface area contributed by atoms with Gasteiger partial charge in [-0.05, 0) is 28.6 Å². The highest BCUT2D eigenvalue weighted by Crippen LogP contribution is 2.35. The Kier molecular flexibility index (Phi) is 3.54. The molecule has 0 bridgehead atoms. The lowest BCUT2D eigenvalue weighted by Gasteiger charge is -2.28. The van der Waals surface area contributed by atoms with Gasteiger partial charge in [-0.25, -0.2) is 4.39 Å². The zero-order valence-corrected chi connectivity index (χ0v) is 14.3. The minimum Gasteiger partial charge on any atom is -0.336 e. The summed E-state index contributed by atoms with van der Waals surface area (Å²) < 4.78 is 14.1. The summed E-state index contributed by atoms with van der Waals surface area (Å²) in [6, 6.07) is 18.9. The predicted octanol–water partition coefficient (Wildman–Crippen LogP) is 3.69. The Labute approximate surface area is 151 Å². The van der Waals surface area contributed by atoms with E-state index in [-0.39, 0.29) is 17.8 Å². The number of amides is 1. The van der Waals surface area contributed by atoms with E-state index < -0.39 is 0 Å². The first kappa shape index (κ1) is 15.5. The van der Waals surface area contributed by atoms with Crippen LogP contribution >= 0.6 is 0 Å². The number of rotatable bonds is 1. The van der Waals surface area contributed by atoms with E-state index in [0.717, 1.165) is 6.54 Å². The van der Waals surface area contributed by atoms with Crippen LogP contribution in [0, 0.1) is 5.82 Å². The lowest BCUT2D eigenvalue weighted by molar-refractivity contribution is 0.0790. The zero-order valence-electron chi connectivity index (χ0n) is 14.3. The maximum Gasteiger partial charge on any atom is 0.254 e. The van der Waals surface area contributed by atoms with Crippen LogP contribution in [-0.4, -0.2) is 29.9 Å². The van der Waals surface area contributed by atoms with Crippen molar-refractivity contribution in [3.05, 3.63) is 83.2 Å². The summed E-state index contributed by atoms with van der Waals surface area (Å²) in [7, 11) is 0. The predicted molar refractivity (Wildman–Crippen MR) is 99.6 cm³/mol. The van der Waals surface area contributed by atoms with E-state index >= 15 is 0 Å². The Bertz CT molecular complexity index is 1020. The van der Waals surface area contributed by atoms with Gasteiger partial charge in [-0.3, -0.25) is 4.79 Å². The SMILES string of the molecule is O=C(c1ccc(F)c2ccccc12)N1C[C@@H]2NCc3ccccc3[C@@H]2C1. The van der Waals surface area contributed by atoms with Crippen molar-refractivity contribution in [3.8, 4) is 0 Å². The molecule has 0 aromatic heterocycles. The van der Waals surface area contributed by atoms with Crippen LogP contribution in [0.3, 0.4) is 0 Å². The molecule has 130 valence electrons. The average molecular weight is 346 g/mol. The van der Waals surface area contributed by atoms with Gasteiger partial charge < -0.3 is 10.2 Å². The Morgan fingerprint density at radius 2 is 1.73 bits per heavy atom. The van der Waals surface area contributed by atoms with Crippen LogP contribution in [-0.2, 0) is 6.54 Å². The van der Waals surface area contributed by atoms with Crippen molar-refractivity contribution in [2.24, 2.45) is 0 Å². The van der Waals surface area contributed by atoms with Crippen molar-refractivity contribution in [2.45, 2.75) is 18.5 Å². The molecule has 5 rings (SSSR count). The molecule has 0 saturated carbocycles. The van der Waals surface area contributed by atoms with Crippen LogP contribution in [0.5, 0.6) is 0 Å². The minimum atomic E-state index is -0.289. The fourth-order valence-corrected chi connectivity index (χ4v) is 4.41. The Morgan fingerprint density at radius 1 is 0.962 bits per heavy atom. The van der Waals surface area contributed by atoms with Gasteiger partial charge >= 0.3 is 0 Å². The van der Waals surface area contributed by atoms with Gasteiger partial charge in [0.15, 0.2) is 0 Å². The van der Waals surface area contributed by atoms with Crippen molar-refractivity contribution in [1.29, 1.82) is 0 Å². The molecule has 0 unspecified atom stereocenters. The number of carbonyl (C=O) groups is 1. The van der Waals surface area contributed by atoms with E-state index in [2.05, 4.69) is 29.6 Å². The highest BCUT2D eigenvalue weighted by molar-refractivity contribution is 6.07. The van der Waals surface area contributed by atoms with Crippen LogP contribution < -0.4 is 5.32 Å². The topological polar surface area (TPSA) is 32.3 Å². The molecule has 3 aromatic rings. The van der Waals surface area contributed by atoms with E-state index in [1.165, 1.54) is 17.2 Å². The Hall–Kier alpha value is -2.72. The Balaban J connectivity index is 1.49. The number of nitrogens with one attached hydrogen (secondary N) is 1. The number of likely N-dealkylation sites (tertiary alicyclic amines) is 1. The molecule has 1 saturated heterocycles. The number of halogens is 1. The second-order valence-electron chi connectivity index (χ2n) is 7.14. The van der Waals surface area contributed by atoms with E-state index in [9.17, 15) is 9.18 Å². The molecule has 2 heterocycles. The average Bonchev–Trinajstić information content (AvgIpc) is 3.13. The molecule has 4 heteroatoms. The summed E-state index contributed by atoms with van der Waals surface area (Å²) in [5.41, 5.74) is 3.24. The zero-order chi connectivity index (χ0) is 17.7. The molecule has 1 N–H and O–H groups in total.